The molecule has 0 unspecified atom stereocenters. The number of halogens is 1. The Hall–Kier alpha value is -1.66. The SMILES string of the molecule is CSc1ncc(C(=O)Nc2ccncc2)c(Cl)n1. The number of amides is 1. The first-order valence-corrected chi connectivity index (χ1v) is 6.59. The van der Waals surface area contributed by atoms with E-state index in [9.17, 15) is 4.79 Å². The Morgan fingerprint density at radius 2 is 2.11 bits per heavy atom. The van der Waals surface area contributed by atoms with Crippen LogP contribution in [0.5, 0.6) is 0 Å². The van der Waals surface area contributed by atoms with Crippen LogP contribution in [0, 0.1) is 0 Å². The second-order valence-corrected chi connectivity index (χ2v) is 4.38. The maximum Gasteiger partial charge on any atom is 0.260 e. The molecule has 7 heteroatoms. The molecule has 0 bridgehead atoms. The Labute approximate surface area is 113 Å². The maximum atomic E-state index is 11.9. The number of rotatable bonds is 3. The van der Waals surface area contributed by atoms with Crippen LogP contribution < -0.4 is 5.32 Å². The minimum absolute atomic E-state index is 0.140. The third-order valence-corrected chi connectivity index (χ3v) is 2.94. The summed E-state index contributed by atoms with van der Waals surface area (Å²) in [6.07, 6.45) is 6.43. The molecule has 2 aromatic rings. The van der Waals surface area contributed by atoms with Crippen molar-refractivity contribution >= 4 is 35.0 Å². The summed E-state index contributed by atoms with van der Waals surface area (Å²) >= 11 is 7.29. The van der Waals surface area contributed by atoms with Crippen molar-refractivity contribution in [2.24, 2.45) is 0 Å². The van der Waals surface area contributed by atoms with E-state index in [0.717, 1.165) is 0 Å². The number of hydrogen-bond acceptors (Lipinski definition) is 5. The van der Waals surface area contributed by atoms with E-state index in [1.54, 1.807) is 24.5 Å². The van der Waals surface area contributed by atoms with Crippen LogP contribution in [0.25, 0.3) is 0 Å². The fourth-order valence-corrected chi connectivity index (χ4v) is 1.84. The number of nitrogens with one attached hydrogen (secondary N) is 1. The van der Waals surface area contributed by atoms with Gasteiger partial charge in [0.05, 0.1) is 5.56 Å². The molecular weight excluding hydrogens is 272 g/mol. The third kappa shape index (κ3) is 2.96. The molecule has 0 saturated carbocycles. The Balaban J connectivity index is 2.19. The minimum atomic E-state index is -0.348. The van der Waals surface area contributed by atoms with Gasteiger partial charge in [-0.2, -0.15) is 0 Å². The van der Waals surface area contributed by atoms with Gasteiger partial charge in [0.2, 0.25) is 0 Å². The zero-order chi connectivity index (χ0) is 13.0. The zero-order valence-corrected chi connectivity index (χ0v) is 11.0. The quantitative estimate of drug-likeness (QED) is 0.531. The monoisotopic (exact) mass is 280 g/mol. The van der Waals surface area contributed by atoms with Crippen LogP contribution in [-0.2, 0) is 0 Å². The van der Waals surface area contributed by atoms with Crippen LogP contribution >= 0.6 is 23.4 Å². The minimum Gasteiger partial charge on any atom is -0.322 e. The fourth-order valence-electron chi connectivity index (χ4n) is 1.23. The highest BCUT2D eigenvalue weighted by molar-refractivity contribution is 7.98. The summed E-state index contributed by atoms with van der Waals surface area (Å²) in [6, 6.07) is 3.37. The van der Waals surface area contributed by atoms with E-state index in [1.807, 2.05) is 6.26 Å². The van der Waals surface area contributed by atoms with Gasteiger partial charge in [0.1, 0.15) is 5.15 Å². The second kappa shape index (κ2) is 5.79. The normalized spacial score (nSPS) is 10.1. The van der Waals surface area contributed by atoms with E-state index in [4.69, 9.17) is 11.6 Å². The van der Waals surface area contributed by atoms with Crippen LogP contribution in [0.15, 0.2) is 35.9 Å². The topological polar surface area (TPSA) is 67.8 Å². The molecule has 0 radical (unpaired) electrons. The van der Waals surface area contributed by atoms with Gasteiger partial charge in [0.15, 0.2) is 5.16 Å². The van der Waals surface area contributed by atoms with Crippen molar-refractivity contribution in [2.75, 3.05) is 11.6 Å². The van der Waals surface area contributed by atoms with Crippen molar-refractivity contribution in [2.45, 2.75) is 5.16 Å². The molecule has 0 aromatic carbocycles. The summed E-state index contributed by atoms with van der Waals surface area (Å²) in [7, 11) is 0. The number of carbonyl (C=O) groups is 1. The molecule has 18 heavy (non-hydrogen) atoms. The maximum absolute atomic E-state index is 11.9. The molecule has 0 aliphatic heterocycles. The number of carbonyl (C=O) groups excluding carboxylic acids is 1. The van der Waals surface area contributed by atoms with E-state index in [0.29, 0.717) is 10.8 Å². The molecule has 2 aromatic heterocycles. The van der Waals surface area contributed by atoms with Crippen molar-refractivity contribution in [1.29, 1.82) is 0 Å². The number of anilines is 1. The first-order chi connectivity index (χ1) is 8.70. The summed E-state index contributed by atoms with van der Waals surface area (Å²) in [5, 5.41) is 3.35. The lowest BCUT2D eigenvalue weighted by Gasteiger charge is -2.06. The van der Waals surface area contributed by atoms with E-state index < -0.39 is 0 Å². The number of hydrogen-bond donors (Lipinski definition) is 1. The number of thioether (sulfide) groups is 1. The van der Waals surface area contributed by atoms with Gasteiger partial charge in [-0.3, -0.25) is 9.78 Å². The molecule has 0 saturated heterocycles. The van der Waals surface area contributed by atoms with Crippen molar-refractivity contribution in [3.63, 3.8) is 0 Å². The van der Waals surface area contributed by atoms with Crippen LogP contribution in [0.4, 0.5) is 5.69 Å². The molecule has 5 nitrogen and oxygen atoms in total. The molecule has 1 amide bonds. The third-order valence-electron chi connectivity index (χ3n) is 2.09. The fraction of sp³-hybridized carbons (Fsp3) is 0.0909. The number of pyridine rings is 1. The van der Waals surface area contributed by atoms with Crippen LogP contribution in [0.1, 0.15) is 10.4 Å². The van der Waals surface area contributed by atoms with Crippen molar-refractivity contribution in [3.8, 4) is 0 Å². The lowest BCUT2D eigenvalue weighted by atomic mass is 10.3. The zero-order valence-electron chi connectivity index (χ0n) is 9.42. The van der Waals surface area contributed by atoms with Crippen molar-refractivity contribution in [3.05, 3.63) is 41.4 Å². The highest BCUT2D eigenvalue weighted by Gasteiger charge is 2.13. The first kappa shape index (κ1) is 12.8. The Morgan fingerprint density at radius 3 is 2.72 bits per heavy atom. The van der Waals surface area contributed by atoms with Gasteiger partial charge in [-0.15, -0.1) is 0 Å². The Kier molecular flexibility index (Phi) is 4.11. The van der Waals surface area contributed by atoms with Crippen LogP contribution in [-0.4, -0.2) is 27.1 Å². The van der Waals surface area contributed by atoms with Crippen LogP contribution in [0.3, 0.4) is 0 Å². The number of nitrogens with zero attached hydrogens (tertiary/aromatic N) is 3. The molecular formula is C11H9ClN4OS. The smallest absolute Gasteiger partial charge is 0.260 e. The summed E-state index contributed by atoms with van der Waals surface area (Å²) in [4.78, 5) is 23.8. The molecule has 0 fully saturated rings. The summed E-state index contributed by atoms with van der Waals surface area (Å²) in [5.74, 6) is -0.348. The van der Waals surface area contributed by atoms with Crippen LogP contribution in [0.2, 0.25) is 5.15 Å². The van der Waals surface area contributed by atoms with Gasteiger partial charge < -0.3 is 5.32 Å². The van der Waals surface area contributed by atoms with Gasteiger partial charge in [-0.25, -0.2) is 9.97 Å². The van der Waals surface area contributed by atoms with Gasteiger partial charge >= 0.3 is 0 Å². The van der Waals surface area contributed by atoms with Crippen molar-refractivity contribution in [1.82, 2.24) is 15.0 Å². The number of aromatic nitrogens is 3. The Morgan fingerprint density at radius 1 is 1.39 bits per heavy atom. The highest BCUT2D eigenvalue weighted by atomic mass is 35.5. The molecule has 1 N–H and O–H groups in total. The molecule has 92 valence electrons. The van der Waals surface area contributed by atoms with Gasteiger partial charge in [0.25, 0.3) is 5.91 Å². The van der Waals surface area contributed by atoms with Gasteiger partial charge in [-0.1, -0.05) is 23.4 Å². The summed E-state index contributed by atoms with van der Waals surface area (Å²) in [6.45, 7) is 0. The summed E-state index contributed by atoms with van der Waals surface area (Å²) in [5.41, 5.74) is 0.881. The molecule has 2 heterocycles. The van der Waals surface area contributed by atoms with Gasteiger partial charge in [-0.05, 0) is 18.4 Å². The Bertz CT molecular complexity index is 564. The molecule has 0 spiro atoms. The molecule has 2 rings (SSSR count). The predicted molar refractivity (Wildman–Crippen MR) is 71.0 cm³/mol. The lowest BCUT2D eigenvalue weighted by Crippen LogP contribution is -2.13. The molecule has 0 atom stereocenters. The second-order valence-electron chi connectivity index (χ2n) is 3.25. The van der Waals surface area contributed by atoms with E-state index in [-0.39, 0.29) is 16.6 Å². The predicted octanol–water partition coefficient (Wildman–Crippen LogP) is 2.50. The molecule has 0 aliphatic rings. The first-order valence-electron chi connectivity index (χ1n) is 4.98. The largest absolute Gasteiger partial charge is 0.322 e. The van der Waals surface area contributed by atoms with E-state index >= 15 is 0 Å². The van der Waals surface area contributed by atoms with Gasteiger partial charge in [0, 0.05) is 24.3 Å². The standard InChI is InChI=1S/C11H9ClN4OS/c1-18-11-14-6-8(9(12)16-11)10(17)15-7-2-4-13-5-3-7/h2-6H,1H3,(H,13,15,17). The lowest BCUT2D eigenvalue weighted by molar-refractivity contribution is 0.102. The summed E-state index contributed by atoms with van der Waals surface area (Å²) < 4.78 is 0. The average molecular weight is 281 g/mol. The van der Waals surface area contributed by atoms with E-state index in [2.05, 4.69) is 20.3 Å². The highest BCUT2D eigenvalue weighted by Crippen LogP contribution is 2.17. The van der Waals surface area contributed by atoms with E-state index in [1.165, 1.54) is 18.0 Å². The molecule has 0 aliphatic carbocycles. The van der Waals surface area contributed by atoms with Crippen molar-refractivity contribution < 1.29 is 4.79 Å². The average Bonchev–Trinajstić information content (AvgIpc) is 2.39.